The molecule has 31 heavy (non-hydrogen) atoms. The molecule has 0 amide bonds. The predicted octanol–water partition coefficient (Wildman–Crippen LogP) is 4.19. The minimum atomic E-state index is 0.471. The summed E-state index contributed by atoms with van der Waals surface area (Å²) in [5, 5.41) is 8.71. The zero-order valence-electron chi connectivity index (χ0n) is 18.1. The average Bonchev–Trinajstić information content (AvgIpc) is 3.05. The Morgan fingerprint density at radius 1 is 1.23 bits per heavy atom. The molecule has 0 spiro atoms. The predicted molar refractivity (Wildman–Crippen MR) is 131 cm³/mol. The number of hydrazone groups is 1. The minimum absolute atomic E-state index is 0.471. The van der Waals surface area contributed by atoms with Crippen molar-refractivity contribution in [1.82, 2.24) is 15.3 Å². The summed E-state index contributed by atoms with van der Waals surface area (Å²) in [6, 6.07) is 14.2. The van der Waals surface area contributed by atoms with E-state index in [1.807, 2.05) is 36.4 Å². The first-order chi connectivity index (χ1) is 15.1. The molecule has 1 aromatic heterocycles. The van der Waals surface area contributed by atoms with Crippen molar-refractivity contribution in [1.29, 1.82) is 0 Å². The quantitative estimate of drug-likeness (QED) is 0.228. The molecule has 2 N–H and O–H groups in total. The van der Waals surface area contributed by atoms with E-state index in [-0.39, 0.29) is 0 Å². The molecule has 6 nitrogen and oxygen atoms in total. The van der Waals surface area contributed by atoms with Crippen LogP contribution in [0.4, 0.5) is 0 Å². The van der Waals surface area contributed by atoms with E-state index in [4.69, 9.17) is 21.7 Å². The molecule has 0 bridgehead atoms. The normalized spacial score (nSPS) is 10.9. The van der Waals surface area contributed by atoms with Gasteiger partial charge in [-0.15, -0.1) is 6.58 Å². The smallest absolute Gasteiger partial charge is 0.186 e. The highest BCUT2D eigenvalue weighted by atomic mass is 32.1. The van der Waals surface area contributed by atoms with Crippen molar-refractivity contribution < 1.29 is 9.47 Å². The van der Waals surface area contributed by atoms with Gasteiger partial charge >= 0.3 is 0 Å². The van der Waals surface area contributed by atoms with Crippen LogP contribution in [0.25, 0.3) is 10.9 Å². The lowest BCUT2D eigenvalue weighted by Crippen LogP contribution is -2.28. The summed E-state index contributed by atoms with van der Waals surface area (Å²) in [7, 11) is 3.41. The van der Waals surface area contributed by atoms with Gasteiger partial charge in [-0.05, 0) is 49.3 Å². The summed E-state index contributed by atoms with van der Waals surface area (Å²) in [5.74, 6) is 1.46. The van der Waals surface area contributed by atoms with Crippen LogP contribution in [0.5, 0.6) is 11.5 Å². The number of para-hydroxylation sites is 1. The molecule has 0 aliphatic heterocycles. The third-order valence-corrected chi connectivity index (χ3v) is 5.34. The molecule has 0 saturated heterocycles. The van der Waals surface area contributed by atoms with Crippen LogP contribution in [0.3, 0.4) is 0 Å². The third kappa shape index (κ3) is 5.24. The molecule has 0 saturated carbocycles. The van der Waals surface area contributed by atoms with Gasteiger partial charge in [0, 0.05) is 29.2 Å². The van der Waals surface area contributed by atoms with Crippen molar-refractivity contribution in [2.24, 2.45) is 5.10 Å². The SMILES string of the molecule is C=CCc1ccc(OCCn2c(C)c(/C=N\NC(=S)NC)c3ccccc32)c(OC)c1. The Morgan fingerprint density at radius 2 is 2.03 bits per heavy atom. The Kier molecular flexibility index (Phi) is 7.67. The van der Waals surface area contributed by atoms with Crippen LogP contribution in [0.2, 0.25) is 0 Å². The van der Waals surface area contributed by atoms with Crippen LogP contribution >= 0.6 is 12.2 Å². The third-order valence-electron chi connectivity index (χ3n) is 5.05. The van der Waals surface area contributed by atoms with Crippen LogP contribution < -0.4 is 20.2 Å². The Labute approximate surface area is 188 Å². The van der Waals surface area contributed by atoms with E-state index in [2.05, 4.69) is 46.0 Å². The van der Waals surface area contributed by atoms with Gasteiger partial charge in [-0.2, -0.15) is 5.10 Å². The second-order valence-electron chi connectivity index (χ2n) is 6.94. The first-order valence-corrected chi connectivity index (χ1v) is 10.5. The fraction of sp³-hybridized carbons (Fsp3) is 0.250. The molecule has 3 aromatic rings. The number of methoxy groups -OCH3 is 1. The van der Waals surface area contributed by atoms with Crippen LogP contribution in [-0.4, -0.2) is 36.7 Å². The van der Waals surface area contributed by atoms with Crippen molar-refractivity contribution >= 4 is 34.4 Å². The van der Waals surface area contributed by atoms with E-state index in [1.165, 1.54) is 0 Å². The van der Waals surface area contributed by atoms with Gasteiger partial charge in [0.05, 0.1) is 19.9 Å². The van der Waals surface area contributed by atoms with E-state index < -0.39 is 0 Å². The molecule has 0 radical (unpaired) electrons. The first-order valence-electron chi connectivity index (χ1n) is 10.1. The molecule has 0 aliphatic carbocycles. The number of aromatic nitrogens is 1. The lowest BCUT2D eigenvalue weighted by molar-refractivity contribution is 0.280. The molecule has 3 rings (SSSR count). The Balaban J connectivity index is 1.79. The molecule has 0 fully saturated rings. The van der Waals surface area contributed by atoms with Gasteiger partial charge in [-0.1, -0.05) is 30.3 Å². The standard InChI is InChI=1S/C24H28N4O2S/c1-5-8-18-11-12-22(23(15-18)29-4)30-14-13-28-17(2)20(16-26-27-24(31)25-3)19-9-6-7-10-21(19)28/h5-7,9-12,15-16H,1,8,13-14H2,2-4H3,(H2,25,27,31)/b26-16-. The fourth-order valence-corrected chi connectivity index (χ4v) is 3.54. The first kappa shape index (κ1) is 22.4. The van der Waals surface area contributed by atoms with Gasteiger partial charge in [0.25, 0.3) is 0 Å². The second kappa shape index (κ2) is 10.6. The molecule has 162 valence electrons. The lowest BCUT2D eigenvalue weighted by atomic mass is 10.1. The maximum Gasteiger partial charge on any atom is 0.186 e. The number of benzene rings is 2. The summed E-state index contributed by atoms with van der Waals surface area (Å²) in [4.78, 5) is 0. The largest absolute Gasteiger partial charge is 0.493 e. The highest BCUT2D eigenvalue weighted by Crippen LogP contribution is 2.29. The topological polar surface area (TPSA) is 59.8 Å². The number of fused-ring (bicyclic) bond motifs is 1. The molecule has 7 heteroatoms. The van der Waals surface area contributed by atoms with Crippen LogP contribution in [0, 0.1) is 6.92 Å². The molecule has 2 aromatic carbocycles. The van der Waals surface area contributed by atoms with Crippen LogP contribution in [0.1, 0.15) is 16.8 Å². The molecular weight excluding hydrogens is 408 g/mol. The summed E-state index contributed by atoms with van der Waals surface area (Å²) in [6.45, 7) is 7.08. The van der Waals surface area contributed by atoms with E-state index in [1.54, 1.807) is 20.4 Å². The number of rotatable bonds is 9. The van der Waals surface area contributed by atoms with Gasteiger partial charge in [-0.3, -0.25) is 5.43 Å². The summed E-state index contributed by atoms with van der Waals surface area (Å²) >= 11 is 5.08. The highest BCUT2D eigenvalue weighted by Gasteiger charge is 2.13. The molecular formula is C24H28N4O2S. The van der Waals surface area contributed by atoms with Gasteiger partial charge in [0.1, 0.15) is 6.61 Å². The fourth-order valence-electron chi connectivity index (χ4n) is 3.49. The van der Waals surface area contributed by atoms with E-state index in [9.17, 15) is 0 Å². The van der Waals surface area contributed by atoms with E-state index in [0.717, 1.165) is 45.6 Å². The Morgan fingerprint density at radius 3 is 2.77 bits per heavy atom. The molecule has 0 atom stereocenters. The second-order valence-corrected chi connectivity index (χ2v) is 7.35. The number of nitrogens with zero attached hydrogens (tertiary/aromatic N) is 2. The molecule has 0 aliphatic rings. The van der Waals surface area contributed by atoms with Crippen molar-refractivity contribution in [2.45, 2.75) is 19.9 Å². The maximum atomic E-state index is 6.06. The van der Waals surface area contributed by atoms with Gasteiger partial charge in [0.2, 0.25) is 0 Å². The molecule has 0 unspecified atom stereocenters. The van der Waals surface area contributed by atoms with Gasteiger partial charge in [0.15, 0.2) is 16.6 Å². The van der Waals surface area contributed by atoms with Crippen molar-refractivity contribution in [3.05, 3.63) is 71.9 Å². The Bertz CT molecular complexity index is 1100. The zero-order valence-corrected chi connectivity index (χ0v) is 19.0. The lowest BCUT2D eigenvalue weighted by Gasteiger charge is -2.13. The Hall–Kier alpha value is -3.32. The summed E-state index contributed by atoms with van der Waals surface area (Å²) in [6.07, 6.45) is 4.47. The number of nitrogens with one attached hydrogen (secondary N) is 2. The number of hydrogen-bond donors (Lipinski definition) is 2. The minimum Gasteiger partial charge on any atom is -0.493 e. The number of hydrogen-bond acceptors (Lipinski definition) is 4. The zero-order chi connectivity index (χ0) is 22.2. The van der Waals surface area contributed by atoms with Crippen LogP contribution in [-0.2, 0) is 13.0 Å². The maximum absolute atomic E-state index is 6.06. The summed E-state index contributed by atoms with van der Waals surface area (Å²) < 4.78 is 13.8. The monoisotopic (exact) mass is 436 g/mol. The van der Waals surface area contributed by atoms with Gasteiger partial charge in [-0.25, -0.2) is 0 Å². The van der Waals surface area contributed by atoms with E-state index >= 15 is 0 Å². The van der Waals surface area contributed by atoms with Crippen molar-refractivity contribution in [3.8, 4) is 11.5 Å². The van der Waals surface area contributed by atoms with E-state index in [0.29, 0.717) is 18.3 Å². The number of thiocarbonyl (C=S) groups is 1. The average molecular weight is 437 g/mol. The van der Waals surface area contributed by atoms with Crippen molar-refractivity contribution in [3.63, 3.8) is 0 Å². The molecule has 1 heterocycles. The highest BCUT2D eigenvalue weighted by molar-refractivity contribution is 7.80. The van der Waals surface area contributed by atoms with Crippen molar-refractivity contribution in [2.75, 3.05) is 20.8 Å². The van der Waals surface area contributed by atoms with Crippen LogP contribution in [0.15, 0.2) is 60.2 Å². The summed E-state index contributed by atoms with van der Waals surface area (Å²) in [5.41, 5.74) is 7.24. The number of allylic oxidation sites excluding steroid dienone is 1. The number of ether oxygens (including phenoxy) is 2. The van der Waals surface area contributed by atoms with Gasteiger partial charge < -0.3 is 19.4 Å².